The Balaban J connectivity index is 1.62. The van der Waals surface area contributed by atoms with E-state index in [1.165, 1.54) is 18.4 Å². The predicted molar refractivity (Wildman–Crippen MR) is 84.6 cm³/mol. The zero-order valence-electron chi connectivity index (χ0n) is 13.1. The molecule has 1 aliphatic carbocycles. The normalized spacial score (nSPS) is 36.9. The quantitative estimate of drug-likeness (QED) is 0.904. The van der Waals surface area contributed by atoms with Gasteiger partial charge in [-0.3, -0.25) is 4.90 Å². The first-order valence-electron chi connectivity index (χ1n) is 8.40. The van der Waals surface area contributed by atoms with Crippen molar-refractivity contribution in [1.82, 2.24) is 10.2 Å². The Hall–Kier alpha value is -1.06. The number of para-hydroxylation sites is 1. The van der Waals surface area contributed by atoms with E-state index in [0.29, 0.717) is 17.6 Å². The molecule has 2 heterocycles. The lowest BCUT2D eigenvalue weighted by molar-refractivity contribution is 0.0291. The van der Waals surface area contributed by atoms with E-state index in [2.05, 4.69) is 48.3 Å². The van der Waals surface area contributed by atoms with Crippen molar-refractivity contribution in [3.8, 4) is 5.75 Å². The second-order valence-corrected chi connectivity index (χ2v) is 7.28. The van der Waals surface area contributed by atoms with Gasteiger partial charge >= 0.3 is 0 Å². The van der Waals surface area contributed by atoms with Crippen LogP contribution in [-0.2, 0) is 0 Å². The van der Waals surface area contributed by atoms with Crippen LogP contribution in [0, 0.1) is 5.92 Å². The molecule has 2 fully saturated rings. The summed E-state index contributed by atoms with van der Waals surface area (Å²) in [6, 6.07) is 9.71. The van der Waals surface area contributed by atoms with Crippen LogP contribution in [0.25, 0.3) is 0 Å². The molecule has 21 heavy (non-hydrogen) atoms. The van der Waals surface area contributed by atoms with Gasteiger partial charge in [-0.15, -0.1) is 0 Å². The number of rotatable bonds is 2. The van der Waals surface area contributed by atoms with Crippen molar-refractivity contribution in [2.24, 2.45) is 5.92 Å². The Labute approximate surface area is 127 Å². The van der Waals surface area contributed by atoms with Crippen molar-refractivity contribution in [3.05, 3.63) is 29.8 Å². The second-order valence-electron chi connectivity index (χ2n) is 7.28. The molecule has 0 radical (unpaired) electrons. The molecular weight excluding hydrogens is 260 g/mol. The molecule has 0 aromatic heterocycles. The standard InChI is InChI=1S/C18H26N2O/c1-13-11-19-18(2,14-7-8-14)12-20(13)16-9-10-21-17-6-4-3-5-15(16)17/h3-6,13-14,16,19H,7-12H2,1-2H3. The lowest BCUT2D eigenvalue weighted by Crippen LogP contribution is -2.64. The molecule has 1 aromatic carbocycles. The summed E-state index contributed by atoms with van der Waals surface area (Å²) in [5, 5.41) is 3.83. The van der Waals surface area contributed by atoms with Crippen molar-refractivity contribution < 1.29 is 4.74 Å². The van der Waals surface area contributed by atoms with E-state index in [0.717, 1.165) is 37.8 Å². The third-order valence-corrected chi connectivity index (χ3v) is 5.68. The minimum atomic E-state index is 0.305. The van der Waals surface area contributed by atoms with Crippen LogP contribution in [0.4, 0.5) is 0 Å². The summed E-state index contributed by atoms with van der Waals surface area (Å²) in [5.41, 5.74) is 1.69. The van der Waals surface area contributed by atoms with Gasteiger partial charge in [0.05, 0.1) is 6.61 Å². The Morgan fingerprint density at radius 1 is 1.24 bits per heavy atom. The number of nitrogens with one attached hydrogen (secondary N) is 1. The van der Waals surface area contributed by atoms with Crippen LogP contribution in [0.5, 0.6) is 5.75 Å². The lowest BCUT2D eigenvalue weighted by atomic mass is 9.88. The summed E-state index contributed by atoms with van der Waals surface area (Å²) in [7, 11) is 0. The van der Waals surface area contributed by atoms with Gasteiger partial charge in [0.1, 0.15) is 5.75 Å². The molecule has 4 rings (SSSR count). The van der Waals surface area contributed by atoms with E-state index in [9.17, 15) is 0 Å². The summed E-state index contributed by atoms with van der Waals surface area (Å²) in [5.74, 6) is 1.97. The maximum absolute atomic E-state index is 5.85. The van der Waals surface area contributed by atoms with Gasteiger partial charge in [0.15, 0.2) is 0 Å². The molecule has 3 atom stereocenters. The first-order chi connectivity index (χ1) is 10.2. The van der Waals surface area contributed by atoms with E-state index >= 15 is 0 Å². The van der Waals surface area contributed by atoms with Crippen LogP contribution in [-0.4, -0.2) is 36.2 Å². The smallest absolute Gasteiger partial charge is 0.124 e. The molecule has 1 saturated carbocycles. The van der Waals surface area contributed by atoms with Gasteiger partial charge in [-0.05, 0) is 38.7 Å². The van der Waals surface area contributed by atoms with Gasteiger partial charge in [-0.25, -0.2) is 0 Å². The molecule has 0 amide bonds. The van der Waals surface area contributed by atoms with Crippen LogP contribution in [0.1, 0.15) is 44.7 Å². The Kier molecular flexibility index (Phi) is 3.23. The highest BCUT2D eigenvalue weighted by Gasteiger charge is 2.47. The summed E-state index contributed by atoms with van der Waals surface area (Å²) >= 11 is 0. The Bertz CT molecular complexity index is 528. The fraction of sp³-hybridized carbons (Fsp3) is 0.667. The van der Waals surface area contributed by atoms with E-state index in [1.54, 1.807) is 0 Å². The molecule has 1 N–H and O–H groups in total. The van der Waals surface area contributed by atoms with E-state index in [4.69, 9.17) is 4.74 Å². The van der Waals surface area contributed by atoms with Crippen LogP contribution < -0.4 is 10.1 Å². The molecule has 1 saturated heterocycles. The van der Waals surface area contributed by atoms with Crippen molar-refractivity contribution in [3.63, 3.8) is 0 Å². The summed E-state index contributed by atoms with van der Waals surface area (Å²) < 4.78 is 5.85. The second kappa shape index (κ2) is 4.99. The minimum Gasteiger partial charge on any atom is -0.493 e. The van der Waals surface area contributed by atoms with Gasteiger partial charge in [-0.1, -0.05) is 18.2 Å². The molecule has 2 aliphatic heterocycles. The zero-order chi connectivity index (χ0) is 14.4. The SMILES string of the molecule is CC1CNC(C)(C2CC2)CN1C1CCOc2ccccc21. The summed E-state index contributed by atoms with van der Waals surface area (Å²) in [6.07, 6.45) is 3.91. The molecule has 3 heteroatoms. The number of nitrogens with zero attached hydrogens (tertiary/aromatic N) is 1. The molecule has 1 aromatic rings. The number of benzene rings is 1. The monoisotopic (exact) mass is 286 g/mol. The number of fused-ring (bicyclic) bond motifs is 1. The predicted octanol–water partition coefficient (Wildman–Crippen LogP) is 2.97. The minimum absolute atomic E-state index is 0.305. The van der Waals surface area contributed by atoms with E-state index in [1.807, 2.05) is 0 Å². The van der Waals surface area contributed by atoms with Crippen LogP contribution in [0.2, 0.25) is 0 Å². The largest absolute Gasteiger partial charge is 0.493 e. The molecular formula is C18H26N2O. The molecule has 114 valence electrons. The van der Waals surface area contributed by atoms with E-state index < -0.39 is 0 Å². The molecule has 3 unspecified atom stereocenters. The van der Waals surface area contributed by atoms with Gasteiger partial charge in [-0.2, -0.15) is 0 Å². The van der Waals surface area contributed by atoms with Gasteiger partial charge in [0.25, 0.3) is 0 Å². The van der Waals surface area contributed by atoms with Crippen LogP contribution in [0.3, 0.4) is 0 Å². The third kappa shape index (κ3) is 2.36. The zero-order valence-corrected chi connectivity index (χ0v) is 13.1. The highest BCUT2D eigenvalue weighted by Crippen LogP contribution is 2.44. The first-order valence-corrected chi connectivity index (χ1v) is 8.40. The topological polar surface area (TPSA) is 24.5 Å². The first kappa shape index (κ1) is 13.6. The molecule has 3 aliphatic rings. The van der Waals surface area contributed by atoms with Gasteiger partial charge < -0.3 is 10.1 Å². The molecule has 0 bridgehead atoms. The molecule has 3 nitrogen and oxygen atoms in total. The Morgan fingerprint density at radius 3 is 2.86 bits per heavy atom. The van der Waals surface area contributed by atoms with Gasteiger partial charge in [0, 0.05) is 42.7 Å². The fourth-order valence-corrected chi connectivity index (χ4v) is 4.17. The van der Waals surface area contributed by atoms with Crippen LogP contribution >= 0.6 is 0 Å². The maximum Gasteiger partial charge on any atom is 0.124 e. The number of hydrogen-bond donors (Lipinski definition) is 1. The molecule has 0 spiro atoms. The van der Waals surface area contributed by atoms with Crippen molar-refractivity contribution in [1.29, 1.82) is 0 Å². The fourth-order valence-electron chi connectivity index (χ4n) is 4.17. The highest BCUT2D eigenvalue weighted by atomic mass is 16.5. The highest BCUT2D eigenvalue weighted by molar-refractivity contribution is 5.37. The number of piperazine rings is 1. The number of hydrogen-bond acceptors (Lipinski definition) is 3. The average molecular weight is 286 g/mol. The Morgan fingerprint density at radius 2 is 2.05 bits per heavy atom. The summed E-state index contributed by atoms with van der Waals surface area (Å²) in [6.45, 7) is 7.90. The van der Waals surface area contributed by atoms with Gasteiger partial charge in [0.2, 0.25) is 0 Å². The van der Waals surface area contributed by atoms with Crippen LogP contribution in [0.15, 0.2) is 24.3 Å². The van der Waals surface area contributed by atoms with Crippen molar-refractivity contribution >= 4 is 0 Å². The third-order valence-electron chi connectivity index (χ3n) is 5.68. The average Bonchev–Trinajstić information content (AvgIpc) is 3.35. The number of ether oxygens (including phenoxy) is 1. The van der Waals surface area contributed by atoms with E-state index in [-0.39, 0.29) is 0 Å². The van der Waals surface area contributed by atoms with Crippen molar-refractivity contribution in [2.75, 3.05) is 19.7 Å². The lowest BCUT2D eigenvalue weighted by Gasteiger charge is -2.49. The van der Waals surface area contributed by atoms with Crippen molar-refractivity contribution in [2.45, 2.75) is 50.7 Å². The summed E-state index contributed by atoms with van der Waals surface area (Å²) in [4.78, 5) is 2.73. The maximum atomic E-state index is 5.85.